The highest BCUT2D eigenvalue weighted by Crippen LogP contribution is 2.27. The van der Waals surface area contributed by atoms with Gasteiger partial charge in [-0.15, -0.1) is 11.3 Å². The molecule has 0 amide bonds. The van der Waals surface area contributed by atoms with E-state index in [1.54, 1.807) is 11.3 Å². The van der Waals surface area contributed by atoms with Gasteiger partial charge in [0.25, 0.3) is 0 Å². The van der Waals surface area contributed by atoms with Crippen LogP contribution in [0, 0.1) is 0 Å². The van der Waals surface area contributed by atoms with E-state index in [-0.39, 0.29) is 11.0 Å². The van der Waals surface area contributed by atoms with E-state index in [2.05, 4.69) is 63.7 Å². The zero-order valence-corrected chi connectivity index (χ0v) is 14.8. The monoisotopic (exact) mass is 298 g/mol. The van der Waals surface area contributed by atoms with Gasteiger partial charge in [-0.25, -0.2) is 4.98 Å². The number of aliphatic hydroxyl groups excluding tert-OH is 1. The Bertz CT molecular complexity index is 416. The zero-order valence-electron chi connectivity index (χ0n) is 14.0. The van der Waals surface area contributed by atoms with Crippen molar-refractivity contribution >= 4 is 11.3 Å². The molecule has 0 fully saturated rings. The molecule has 1 atom stereocenters. The first kappa shape index (κ1) is 17.6. The van der Waals surface area contributed by atoms with E-state index in [0.717, 1.165) is 23.8 Å². The zero-order chi connectivity index (χ0) is 15.6. The number of hydrogen-bond donors (Lipinski definition) is 1. The number of hydrogen-bond acceptors (Lipinski definition) is 4. The van der Waals surface area contributed by atoms with E-state index in [9.17, 15) is 5.11 Å². The van der Waals surface area contributed by atoms with Crippen LogP contribution in [0.1, 0.15) is 59.2 Å². The second-order valence-electron chi connectivity index (χ2n) is 6.92. The predicted octanol–water partition coefficient (Wildman–Crippen LogP) is 3.46. The molecular formula is C16H30N2OS. The SMILES string of the molecule is CCN(CC)C(C)(C)C(O)Cc1nc(C(C)(C)C)cs1. The van der Waals surface area contributed by atoms with Gasteiger partial charge < -0.3 is 5.11 Å². The van der Waals surface area contributed by atoms with E-state index in [4.69, 9.17) is 0 Å². The van der Waals surface area contributed by atoms with Crippen LogP contribution >= 0.6 is 11.3 Å². The van der Waals surface area contributed by atoms with Crippen LogP contribution in [0.3, 0.4) is 0 Å². The molecule has 0 saturated carbocycles. The first-order valence-corrected chi connectivity index (χ1v) is 8.38. The average Bonchev–Trinajstić information content (AvgIpc) is 2.78. The molecule has 116 valence electrons. The van der Waals surface area contributed by atoms with Crippen LogP contribution in [0.2, 0.25) is 0 Å². The summed E-state index contributed by atoms with van der Waals surface area (Å²) in [4.78, 5) is 6.99. The second kappa shape index (κ2) is 6.54. The van der Waals surface area contributed by atoms with Crippen LogP contribution in [-0.4, -0.2) is 39.7 Å². The number of aliphatic hydroxyl groups is 1. The third kappa shape index (κ3) is 4.03. The van der Waals surface area contributed by atoms with Gasteiger partial charge in [-0.05, 0) is 26.9 Å². The Balaban J connectivity index is 2.80. The lowest BCUT2D eigenvalue weighted by Gasteiger charge is -2.40. The maximum absolute atomic E-state index is 10.6. The van der Waals surface area contributed by atoms with Gasteiger partial charge >= 0.3 is 0 Å². The summed E-state index contributed by atoms with van der Waals surface area (Å²) in [6.07, 6.45) is 0.228. The molecule has 0 aromatic carbocycles. The molecule has 1 heterocycles. The van der Waals surface area contributed by atoms with Gasteiger partial charge in [0.1, 0.15) is 0 Å². The van der Waals surface area contributed by atoms with Gasteiger partial charge in [-0.2, -0.15) is 0 Å². The Kier molecular flexibility index (Phi) is 5.76. The smallest absolute Gasteiger partial charge is 0.0955 e. The molecule has 3 nitrogen and oxygen atoms in total. The summed E-state index contributed by atoms with van der Waals surface area (Å²) in [6, 6.07) is 0. The summed E-state index contributed by atoms with van der Waals surface area (Å²) in [5.41, 5.74) is 0.968. The lowest BCUT2D eigenvalue weighted by Crippen LogP contribution is -2.53. The summed E-state index contributed by atoms with van der Waals surface area (Å²) in [7, 11) is 0. The minimum Gasteiger partial charge on any atom is -0.391 e. The van der Waals surface area contributed by atoms with E-state index in [0.29, 0.717) is 6.42 Å². The molecule has 0 saturated heterocycles. The minimum absolute atomic E-state index is 0.0775. The molecule has 0 bridgehead atoms. The normalized spacial score (nSPS) is 14.8. The van der Waals surface area contributed by atoms with Crippen LogP contribution < -0.4 is 0 Å². The Hall–Kier alpha value is -0.450. The Morgan fingerprint density at radius 2 is 1.75 bits per heavy atom. The summed E-state index contributed by atoms with van der Waals surface area (Å²) < 4.78 is 0. The molecule has 1 aromatic rings. The third-order valence-electron chi connectivity index (χ3n) is 4.08. The van der Waals surface area contributed by atoms with Crippen LogP contribution in [0.4, 0.5) is 0 Å². The minimum atomic E-state index is -0.402. The lowest BCUT2D eigenvalue weighted by atomic mass is 9.92. The van der Waals surface area contributed by atoms with Crippen molar-refractivity contribution in [2.75, 3.05) is 13.1 Å². The number of aromatic nitrogens is 1. The molecule has 0 radical (unpaired) electrons. The number of rotatable bonds is 6. The molecule has 4 heteroatoms. The topological polar surface area (TPSA) is 36.4 Å². The fourth-order valence-electron chi connectivity index (χ4n) is 2.41. The molecule has 0 aliphatic heterocycles. The van der Waals surface area contributed by atoms with Gasteiger partial charge in [0.05, 0.1) is 16.8 Å². The quantitative estimate of drug-likeness (QED) is 0.873. The fraction of sp³-hybridized carbons (Fsp3) is 0.812. The number of nitrogens with zero attached hydrogens (tertiary/aromatic N) is 2. The van der Waals surface area contributed by atoms with Gasteiger partial charge in [0, 0.05) is 22.8 Å². The molecule has 0 aliphatic rings. The Morgan fingerprint density at radius 1 is 1.20 bits per heavy atom. The van der Waals surface area contributed by atoms with Gasteiger partial charge in [-0.1, -0.05) is 34.6 Å². The van der Waals surface area contributed by atoms with Crippen LogP contribution in [0.25, 0.3) is 0 Å². The first-order chi connectivity index (χ1) is 9.12. The summed E-state index contributed by atoms with van der Waals surface area (Å²) in [5.74, 6) is 0. The number of thiazole rings is 1. The van der Waals surface area contributed by atoms with Crippen molar-refractivity contribution in [3.05, 3.63) is 16.1 Å². The van der Waals surface area contributed by atoms with E-state index in [1.807, 2.05) is 0 Å². The van der Waals surface area contributed by atoms with Crippen molar-refractivity contribution in [1.82, 2.24) is 9.88 Å². The van der Waals surface area contributed by atoms with Gasteiger partial charge in [-0.3, -0.25) is 4.90 Å². The standard InChI is InChI=1S/C16H30N2OS/c1-8-18(9-2)16(6,7)13(19)10-14-17-12(11-20-14)15(3,4)5/h11,13,19H,8-10H2,1-7H3. The molecule has 0 aliphatic carbocycles. The van der Waals surface area contributed by atoms with Crippen molar-refractivity contribution in [3.8, 4) is 0 Å². The van der Waals surface area contributed by atoms with Crippen molar-refractivity contribution in [2.24, 2.45) is 0 Å². The van der Waals surface area contributed by atoms with E-state index >= 15 is 0 Å². The van der Waals surface area contributed by atoms with Crippen LogP contribution in [0.15, 0.2) is 5.38 Å². The van der Waals surface area contributed by atoms with Crippen molar-refractivity contribution in [1.29, 1.82) is 0 Å². The molecular weight excluding hydrogens is 268 g/mol. The maximum atomic E-state index is 10.6. The summed E-state index contributed by atoms with van der Waals surface area (Å²) >= 11 is 1.66. The largest absolute Gasteiger partial charge is 0.391 e. The van der Waals surface area contributed by atoms with E-state index in [1.165, 1.54) is 0 Å². The van der Waals surface area contributed by atoms with Gasteiger partial charge in [0.2, 0.25) is 0 Å². The summed E-state index contributed by atoms with van der Waals surface area (Å²) in [6.45, 7) is 16.9. The van der Waals surface area contributed by atoms with Crippen molar-refractivity contribution in [2.45, 2.75) is 71.9 Å². The highest BCUT2D eigenvalue weighted by Gasteiger charge is 2.33. The molecule has 20 heavy (non-hydrogen) atoms. The predicted molar refractivity (Wildman–Crippen MR) is 87.5 cm³/mol. The van der Waals surface area contributed by atoms with Crippen LogP contribution in [-0.2, 0) is 11.8 Å². The lowest BCUT2D eigenvalue weighted by molar-refractivity contribution is -0.00419. The Labute approximate surface area is 128 Å². The van der Waals surface area contributed by atoms with Crippen LogP contribution in [0.5, 0.6) is 0 Å². The molecule has 1 unspecified atom stereocenters. The maximum Gasteiger partial charge on any atom is 0.0955 e. The molecule has 1 aromatic heterocycles. The summed E-state index contributed by atoms with van der Waals surface area (Å²) in [5, 5.41) is 13.7. The fourth-order valence-corrected chi connectivity index (χ4v) is 3.47. The molecule has 0 spiro atoms. The highest BCUT2D eigenvalue weighted by molar-refractivity contribution is 7.09. The second-order valence-corrected chi connectivity index (χ2v) is 7.87. The first-order valence-electron chi connectivity index (χ1n) is 7.50. The molecule has 1 rings (SSSR count). The highest BCUT2D eigenvalue weighted by atomic mass is 32.1. The average molecular weight is 298 g/mol. The Morgan fingerprint density at radius 3 is 2.15 bits per heavy atom. The number of likely N-dealkylation sites (N-methyl/N-ethyl adjacent to an activating group) is 1. The molecule has 1 N–H and O–H groups in total. The van der Waals surface area contributed by atoms with E-state index < -0.39 is 6.10 Å². The third-order valence-corrected chi connectivity index (χ3v) is 4.95. The van der Waals surface area contributed by atoms with Gasteiger partial charge in [0.15, 0.2) is 0 Å². The van der Waals surface area contributed by atoms with Crippen molar-refractivity contribution in [3.63, 3.8) is 0 Å². The van der Waals surface area contributed by atoms with Crippen molar-refractivity contribution < 1.29 is 5.11 Å².